The molecule has 2 N–H and O–H groups in total. The highest BCUT2D eigenvalue weighted by atomic mass is 35.5. The highest BCUT2D eigenvalue weighted by Gasteiger charge is 2.26. The third-order valence-electron chi connectivity index (χ3n) is 4.97. The smallest absolute Gasteiger partial charge is 0.293 e. The number of carbonyl (C=O) groups excluding carboxylic acids is 1. The van der Waals surface area contributed by atoms with Crippen LogP contribution in [0.25, 0.3) is 11.4 Å². The molecule has 0 spiro atoms. The second-order valence-corrected chi connectivity index (χ2v) is 9.24. The van der Waals surface area contributed by atoms with Crippen LogP contribution in [-0.4, -0.2) is 40.8 Å². The molecule has 1 unspecified atom stereocenters. The van der Waals surface area contributed by atoms with Gasteiger partial charge >= 0.3 is 0 Å². The minimum absolute atomic E-state index is 0.0851. The van der Waals surface area contributed by atoms with Crippen molar-refractivity contribution in [3.8, 4) is 11.4 Å². The van der Waals surface area contributed by atoms with Crippen molar-refractivity contribution in [1.82, 2.24) is 40.2 Å². The first kappa shape index (κ1) is 24.2. The molecular weight excluding hydrogens is 477 g/mol. The second-order valence-electron chi connectivity index (χ2n) is 8.86. The van der Waals surface area contributed by atoms with E-state index in [1.807, 2.05) is 20.8 Å². The number of nitrogens with zero attached hydrogens (tertiary/aromatic N) is 7. The Hall–Kier alpha value is -3.93. The van der Waals surface area contributed by atoms with Crippen molar-refractivity contribution in [2.75, 3.05) is 5.32 Å². The molecule has 1 amide bonds. The van der Waals surface area contributed by atoms with Gasteiger partial charge in [-0.2, -0.15) is 15.1 Å². The Morgan fingerprint density at radius 3 is 2.66 bits per heavy atom. The molecule has 35 heavy (non-hydrogen) atoms. The Bertz CT molecular complexity index is 1380. The number of halogens is 2. The van der Waals surface area contributed by atoms with Gasteiger partial charge in [0.25, 0.3) is 11.7 Å². The first-order valence-corrected chi connectivity index (χ1v) is 11.0. The Kier molecular flexibility index (Phi) is 6.48. The molecule has 4 rings (SSSR count). The van der Waals surface area contributed by atoms with E-state index >= 15 is 4.39 Å². The SMILES string of the molecule is CC(NC(=O)c1noc(C(C)(C)C)n1)c1ccc(-c2ncnc(Nc3cnn(C)c3)n2)c(F)c1Cl. The lowest BCUT2D eigenvalue weighted by molar-refractivity contribution is 0.0926. The quantitative estimate of drug-likeness (QED) is 0.403. The average molecular weight is 500 g/mol. The first-order chi connectivity index (χ1) is 16.5. The average Bonchev–Trinajstić information content (AvgIpc) is 3.45. The van der Waals surface area contributed by atoms with Crippen molar-refractivity contribution in [3.05, 3.63) is 59.0 Å². The Balaban J connectivity index is 1.53. The summed E-state index contributed by atoms with van der Waals surface area (Å²) in [5.74, 6) is -0.764. The van der Waals surface area contributed by atoms with E-state index < -0.39 is 23.2 Å². The van der Waals surface area contributed by atoms with Gasteiger partial charge in [0.2, 0.25) is 11.8 Å². The molecule has 0 fully saturated rings. The fraction of sp³-hybridized carbons (Fsp3) is 0.318. The number of rotatable bonds is 6. The summed E-state index contributed by atoms with van der Waals surface area (Å²) in [6, 6.07) is 2.45. The summed E-state index contributed by atoms with van der Waals surface area (Å²) in [5.41, 5.74) is 0.715. The number of hydrogen-bond acceptors (Lipinski definition) is 9. The summed E-state index contributed by atoms with van der Waals surface area (Å²) in [5, 5.41) is 13.3. The molecule has 4 aromatic rings. The molecule has 0 radical (unpaired) electrons. The van der Waals surface area contributed by atoms with Crippen LogP contribution in [0.2, 0.25) is 5.02 Å². The molecule has 0 saturated heterocycles. The first-order valence-electron chi connectivity index (χ1n) is 10.6. The fourth-order valence-corrected chi connectivity index (χ4v) is 3.46. The maximum absolute atomic E-state index is 15.2. The van der Waals surface area contributed by atoms with Crippen LogP contribution >= 0.6 is 11.6 Å². The fourth-order valence-electron chi connectivity index (χ4n) is 3.13. The predicted octanol–water partition coefficient (Wildman–Crippen LogP) is 3.98. The third-order valence-corrected chi connectivity index (χ3v) is 5.35. The molecule has 3 aromatic heterocycles. The zero-order valence-electron chi connectivity index (χ0n) is 19.7. The van der Waals surface area contributed by atoms with Gasteiger partial charge in [-0.25, -0.2) is 14.4 Å². The van der Waals surface area contributed by atoms with Gasteiger partial charge in [-0.3, -0.25) is 9.48 Å². The summed E-state index contributed by atoms with van der Waals surface area (Å²) in [6.45, 7) is 7.33. The van der Waals surface area contributed by atoms with Crippen molar-refractivity contribution < 1.29 is 13.7 Å². The van der Waals surface area contributed by atoms with Crippen molar-refractivity contribution in [2.24, 2.45) is 7.05 Å². The summed E-state index contributed by atoms with van der Waals surface area (Å²) in [4.78, 5) is 29.1. The highest BCUT2D eigenvalue weighted by molar-refractivity contribution is 6.32. The summed E-state index contributed by atoms with van der Waals surface area (Å²) in [7, 11) is 1.78. The lowest BCUT2D eigenvalue weighted by atomic mass is 9.97. The topological polar surface area (TPSA) is 137 Å². The van der Waals surface area contributed by atoms with Crippen molar-refractivity contribution in [1.29, 1.82) is 0 Å². The largest absolute Gasteiger partial charge is 0.343 e. The normalized spacial score (nSPS) is 12.4. The number of nitrogens with one attached hydrogen (secondary N) is 2. The molecule has 0 aliphatic rings. The monoisotopic (exact) mass is 499 g/mol. The van der Waals surface area contributed by atoms with Crippen LogP contribution in [0.5, 0.6) is 0 Å². The van der Waals surface area contributed by atoms with E-state index in [-0.39, 0.29) is 28.2 Å². The van der Waals surface area contributed by atoms with Crippen LogP contribution < -0.4 is 10.6 Å². The van der Waals surface area contributed by atoms with Gasteiger partial charge in [0.15, 0.2) is 11.6 Å². The van der Waals surface area contributed by atoms with Gasteiger partial charge < -0.3 is 15.2 Å². The van der Waals surface area contributed by atoms with Gasteiger partial charge in [-0.1, -0.05) is 43.6 Å². The molecule has 1 aromatic carbocycles. The van der Waals surface area contributed by atoms with Crippen LogP contribution in [0.3, 0.4) is 0 Å². The number of carbonyl (C=O) groups is 1. The zero-order valence-corrected chi connectivity index (χ0v) is 20.4. The van der Waals surface area contributed by atoms with Gasteiger partial charge in [-0.15, -0.1) is 0 Å². The molecule has 3 heterocycles. The van der Waals surface area contributed by atoms with Gasteiger partial charge in [0, 0.05) is 18.7 Å². The maximum atomic E-state index is 15.2. The van der Waals surface area contributed by atoms with Crippen molar-refractivity contribution >= 4 is 29.1 Å². The van der Waals surface area contributed by atoms with E-state index in [9.17, 15) is 4.79 Å². The Morgan fingerprint density at radius 1 is 1.23 bits per heavy atom. The molecule has 13 heteroatoms. The van der Waals surface area contributed by atoms with E-state index in [0.717, 1.165) is 0 Å². The lowest BCUT2D eigenvalue weighted by Gasteiger charge is -2.16. The van der Waals surface area contributed by atoms with Gasteiger partial charge in [0.1, 0.15) is 6.33 Å². The number of aryl methyl sites for hydroxylation is 1. The molecule has 0 aliphatic heterocycles. The van der Waals surface area contributed by atoms with Crippen LogP contribution in [-0.2, 0) is 12.5 Å². The van der Waals surface area contributed by atoms with Gasteiger partial charge in [-0.05, 0) is 18.6 Å². The molecule has 1 atom stereocenters. The van der Waals surface area contributed by atoms with E-state index in [4.69, 9.17) is 16.1 Å². The Morgan fingerprint density at radius 2 is 2.00 bits per heavy atom. The Labute approximate surface area is 205 Å². The van der Waals surface area contributed by atoms with Crippen LogP contribution in [0.1, 0.15) is 55.8 Å². The lowest BCUT2D eigenvalue weighted by Crippen LogP contribution is -2.28. The maximum Gasteiger partial charge on any atom is 0.293 e. The summed E-state index contributed by atoms with van der Waals surface area (Å²) in [6.07, 6.45) is 4.61. The summed E-state index contributed by atoms with van der Waals surface area (Å²) < 4.78 is 22.0. The van der Waals surface area contributed by atoms with Crippen LogP contribution in [0, 0.1) is 5.82 Å². The van der Waals surface area contributed by atoms with E-state index in [2.05, 4.69) is 40.8 Å². The molecule has 0 bridgehead atoms. The third kappa shape index (κ3) is 5.27. The molecule has 0 aliphatic carbocycles. The molecule has 182 valence electrons. The highest BCUT2D eigenvalue weighted by Crippen LogP contribution is 2.32. The van der Waals surface area contributed by atoms with Crippen molar-refractivity contribution in [3.63, 3.8) is 0 Å². The van der Waals surface area contributed by atoms with E-state index in [1.54, 1.807) is 37.1 Å². The minimum Gasteiger partial charge on any atom is -0.343 e. The number of aromatic nitrogens is 7. The summed E-state index contributed by atoms with van der Waals surface area (Å²) >= 11 is 6.33. The van der Waals surface area contributed by atoms with E-state index in [0.29, 0.717) is 17.1 Å². The van der Waals surface area contributed by atoms with Crippen LogP contribution in [0.15, 0.2) is 35.4 Å². The predicted molar refractivity (Wildman–Crippen MR) is 126 cm³/mol. The van der Waals surface area contributed by atoms with Crippen LogP contribution in [0.4, 0.5) is 16.0 Å². The number of amides is 1. The second kappa shape index (κ2) is 9.37. The molecular formula is C22H23ClFN9O2. The van der Waals surface area contributed by atoms with Gasteiger partial charge in [0.05, 0.1) is 28.5 Å². The number of hydrogen-bond donors (Lipinski definition) is 2. The zero-order chi connectivity index (χ0) is 25.3. The molecule has 0 saturated carbocycles. The van der Waals surface area contributed by atoms with E-state index in [1.165, 1.54) is 12.4 Å². The minimum atomic E-state index is -0.724. The number of benzene rings is 1. The van der Waals surface area contributed by atoms with Crippen molar-refractivity contribution in [2.45, 2.75) is 39.2 Å². The standard InChI is InChI=1S/C22H23ClFN9O2/c1-11(28-19(34)18-30-20(35-32-18)22(2,3)4)13-6-7-14(16(24)15(13)23)17-25-10-26-21(31-17)29-12-8-27-33(5)9-12/h6-11H,1-5H3,(H,28,34)(H,25,26,29,31). The number of anilines is 2. The molecule has 11 nitrogen and oxygen atoms in total.